The number of ether oxygens (including phenoxy) is 1. The number of fused-ring (bicyclic) bond motifs is 1. The van der Waals surface area contributed by atoms with Gasteiger partial charge in [0, 0.05) is 48.2 Å². The fraction of sp³-hybridized carbons (Fsp3) is 0.292. The maximum Gasteiger partial charge on any atom is 0.262 e. The molecule has 2 saturated heterocycles. The Morgan fingerprint density at radius 1 is 1.15 bits per heavy atom. The van der Waals surface area contributed by atoms with E-state index in [0.717, 1.165) is 16.0 Å². The monoisotopic (exact) mass is 462 g/mol. The van der Waals surface area contributed by atoms with Crippen molar-refractivity contribution in [1.82, 2.24) is 20.2 Å². The number of carbonyl (C=O) groups excluding carboxylic acids is 3. The van der Waals surface area contributed by atoms with E-state index in [1.165, 1.54) is 11.3 Å². The number of rotatable bonds is 6. The van der Waals surface area contributed by atoms with E-state index < -0.39 is 12.1 Å². The van der Waals surface area contributed by atoms with Crippen molar-refractivity contribution in [1.29, 1.82) is 0 Å². The molecular weight excluding hydrogens is 440 g/mol. The predicted octanol–water partition coefficient (Wildman–Crippen LogP) is 2.12. The van der Waals surface area contributed by atoms with E-state index in [2.05, 4.69) is 15.3 Å². The van der Waals surface area contributed by atoms with Gasteiger partial charge in [-0.15, -0.1) is 11.3 Å². The van der Waals surface area contributed by atoms with Crippen molar-refractivity contribution in [2.45, 2.75) is 31.0 Å². The van der Waals surface area contributed by atoms with Gasteiger partial charge in [-0.25, -0.2) is 0 Å². The number of hydrogen-bond acceptors (Lipinski definition) is 7. The predicted molar refractivity (Wildman–Crippen MR) is 122 cm³/mol. The maximum atomic E-state index is 13.5. The summed E-state index contributed by atoms with van der Waals surface area (Å²) in [6.45, 7) is 0.467. The number of aromatic nitrogens is 2. The van der Waals surface area contributed by atoms with E-state index in [1.54, 1.807) is 41.8 Å². The van der Waals surface area contributed by atoms with E-state index in [4.69, 9.17) is 4.74 Å². The average molecular weight is 463 g/mol. The summed E-state index contributed by atoms with van der Waals surface area (Å²) < 4.78 is 5.52. The van der Waals surface area contributed by atoms with Crippen LogP contribution in [0.5, 0.6) is 0 Å². The lowest BCUT2D eigenvalue weighted by molar-refractivity contribution is -0.138. The van der Waals surface area contributed by atoms with E-state index in [-0.39, 0.29) is 36.7 Å². The highest BCUT2D eigenvalue weighted by Crippen LogP contribution is 2.29. The molecule has 2 amide bonds. The van der Waals surface area contributed by atoms with Crippen molar-refractivity contribution < 1.29 is 19.1 Å². The van der Waals surface area contributed by atoms with Gasteiger partial charge in [-0.05, 0) is 36.2 Å². The average Bonchev–Trinajstić information content (AvgIpc) is 3.58. The Morgan fingerprint density at radius 3 is 2.73 bits per heavy atom. The number of pyridine rings is 2. The second-order valence-electron chi connectivity index (χ2n) is 8.08. The number of thiophene rings is 1. The Balaban J connectivity index is 1.37. The minimum absolute atomic E-state index is 0.0328. The molecule has 5 heterocycles. The van der Waals surface area contributed by atoms with Crippen LogP contribution in [-0.4, -0.2) is 63.8 Å². The first kappa shape index (κ1) is 21.4. The molecule has 0 aromatic carbocycles. The highest BCUT2D eigenvalue weighted by Gasteiger charge is 2.48. The molecule has 2 aliphatic rings. The van der Waals surface area contributed by atoms with E-state index >= 15 is 0 Å². The van der Waals surface area contributed by atoms with Crippen LogP contribution >= 0.6 is 11.3 Å². The van der Waals surface area contributed by atoms with Gasteiger partial charge < -0.3 is 15.0 Å². The Morgan fingerprint density at radius 2 is 1.97 bits per heavy atom. The summed E-state index contributed by atoms with van der Waals surface area (Å²) in [5.74, 6) is -0.693. The van der Waals surface area contributed by atoms with Gasteiger partial charge in [-0.3, -0.25) is 24.4 Å². The van der Waals surface area contributed by atoms with Crippen LogP contribution in [0.4, 0.5) is 0 Å². The quantitative estimate of drug-likeness (QED) is 0.602. The van der Waals surface area contributed by atoms with Crippen LogP contribution in [0.25, 0.3) is 10.4 Å². The molecule has 2 fully saturated rings. The highest BCUT2D eigenvalue weighted by atomic mass is 32.1. The number of likely N-dealkylation sites (tertiary alicyclic amines) is 1. The van der Waals surface area contributed by atoms with E-state index in [1.807, 2.05) is 24.3 Å². The Kier molecular flexibility index (Phi) is 5.97. The van der Waals surface area contributed by atoms with Gasteiger partial charge in [0.25, 0.3) is 5.91 Å². The summed E-state index contributed by atoms with van der Waals surface area (Å²) in [7, 11) is 0. The summed E-state index contributed by atoms with van der Waals surface area (Å²) in [6.07, 6.45) is 7.42. The zero-order valence-electron chi connectivity index (χ0n) is 17.7. The Bertz CT molecular complexity index is 1170. The second-order valence-corrected chi connectivity index (χ2v) is 9.16. The minimum atomic E-state index is -0.821. The smallest absolute Gasteiger partial charge is 0.262 e. The number of nitrogens with zero attached hydrogens (tertiary/aromatic N) is 3. The van der Waals surface area contributed by atoms with Crippen LogP contribution in [0.2, 0.25) is 0 Å². The molecule has 33 heavy (non-hydrogen) atoms. The van der Waals surface area contributed by atoms with Gasteiger partial charge in [-0.1, -0.05) is 12.1 Å². The molecule has 3 unspecified atom stereocenters. The Hall–Kier alpha value is -3.43. The van der Waals surface area contributed by atoms with Crippen molar-refractivity contribution in [3.63, 3.8) is 0 Å². The molecule has 9 heteroatoms. The first-order valence-electron chi connectivity index (χ1n) is 10.7. The zero-order chi connectivity index (χ0) is 22.8. The van der Waals surface area contributed by atoms with Gasteiger partial charge in [0.05, 0.1) is 11.0 Å². The highest BCUT2D eigenvalue weighted by molar-refractivity contribution is 7.17. The van der Waals surface area contributed by atoms with Gasteiger partial charge >= 0.3 is 0 Å². The number of amides is 2. The van der Waals surface area contributed by atoms with E-state index in [9.17, 15) is 14.4 Å². The molecular formula is C24H22N4O4S. The molecule has 3 aromatic rings. The zero-order valence-corrected chi connectivity index (χ0v) is 18.5. The molecule has 8 nitrogen and oxygen atoms in total. The number of hydrogen-bond donors (Lipinski definition) is 1. The largest absolute Gasteiger partial charge is 0.368 e. The molecule has 0 radical (unpaired) electrons. The SMILES string of the molecule is O=C(NC(Cc1cccnc1)C(=O)N1CCC2OCC(=O)C21)c1ccc(-c2cccnc2)s1. The van der Waals surface area contributed by atoms with Gasteiger partial charge in [0.2, 0.25) is 5.91 Å². The third-order valence-corrected chi connectivity index (χ3v) is 7.07. The lowest BCUT2D eigenvalue weighted by atomic mass is 10.0. The van der Waals surface area contributed by atoms with Crippen LogP contribution in [0.15, 0.2) is 61.2 Å². The fourth-order valence-corrected chi connectivity index (χ4v) is 5.25. The van der Waals surface area contributed by atoms with Crippen molar-refractivity contribution in [3.05, 3.63) is 71.6 Å². The second kappa shape index (κ2) is 9.21. The molecule has 2 aliphatic heterocycles. The van der Waals surface area contributed by atoms with Crippen LogP contribution in [-0.2, 0) is 20.7 Å². The molecule has 3 atom stereocenters. The third-order valence-electron chi connectivity index (χ3n) is 5.94. The molecule has 0 saturated carbocycles. The summed E-state index contributed by atoms with van der Waals surface area (Å²) in [4.78, 5) is 50.2. The summed E-state index contributed by atoms with van der Waals surface area (Å²) in [5.41, 5.74) is 1.75. The van der Waals surface area contributed by atoms with Gasteiger partial charge in [0.1, 0.15) is 18.7 Å². The van der Waals surface area contributed by atoms with E-state index in [0.29, 0.717) is 17.8 Å². The standard InChI is InChI=1S/C24H22N4O4S/c29-18-14-32-19-7-10-28(22(18)19)24(31)17(11-15-3-1-8-25-12-15)27-23(30)21-6-5-20(33-21)16-4-2-9-26-13-16/h1-6,8-9,12-13,17,19,22H,7,10-11,14H2,(H,27,30). The number of ketones is 1. The molecule has 0 spiro atoms. The molecule has 1 N–H and O–H groups in total. The fourth-order valence-electron chi connectivity index (χ4n) is 4.35. The minimum Gasteiger partial charge on any atom is -0.368 e. The lowest BCUT2D eigenvalue weighted by Crippen LogP contribution is -2.53. The number of carbonyl (C=O) groups is 3. The topological polar surface area (TPSA) is 101 Å². The number of Topliss-reactive ketones (excluding diaryl/α,β-unsaturated/α-hetero) is 1. The van der Waals surface area contributed by atoms with Gasteiger partial charge in [0.15, 0.2) is 5.78 Å². The van der Waals surface area contributed by atoms with Crippen molar-refractivity contribution in [2.24, 2.45) is 0 Å². The molecule has 3 aromatic heterocycles. The Labute approximate surface area is 194 Å². The van der Waals surface area contributed by atoms with Crippen LogP contribution in [0.1, 0.15) is 21.7 Å². The van der Waals surface area contributed by atoms with Crippen molar-refractivity contribution in [2.75, 3.05) is 13.2 Å². The first-order chi connectivity index (χ1) is 16.1. The molecule has 168 valence electrons. The van der Waals surface area contributed by atoms with Crippen LogP contribution < -0.4 is 5.32 Å². The molecule has 0 aliphatic carbocycles. The summed E-state index contributed by atoms with van der Waals surface area (Å²) in [6, 6.07) is 9.65. The first-order valence-corrected chi connectivity index (χ1v) is 11.6. The number of nitrogens with one attached hydrogen (secondary N) is 1. The summed E-state index contributed by atoms with van der Waals surface area (Å²) >= 11 is 1.34. The maximum absolute atomic E-state index is 13.5. The summed E-state index contributed by atoms with van der Waals surface area (Å²) in [5, 5.41) is 2.90. The van der Waals surface area contributed by atoms with Crippen LogP contribution in [0, 0.1) is 0 Å². The normalized spacial score (nSPS) is 20.5. The van der Waals surface area contributed by atoms with Gasteiger partial charge in [-0.2, -0.15) is 0 Å². The van der Waals surface area contributed by atoms with Crippen molar-refractivity contribution in [3.8, 4) is 10.4 Å². The molecule has 5 rings (SSSR count). The lowest BCUT2D eigenvalue weighted by Gasteiger charge is -2.27. The third kappa shape index (κ3) is 4.42. The molecule has 0 bridgehead atoms. The van der Waals surface area contributed by atoms with Crippen LogP contribution in [0.3, 0.4) is 0 Å². The van der Waals surface area contributed by atoms with Crippen molar-refractivity contribution >= 4 is 28.9 Å².